The predicted molar refractivity (Wildman–Crippen MR) is 48.8 cm³/mol. The summed E-state index contributed by atoms with van der Waals surface area (Å²) in [5.74, 6) is 0. The van der Waals surface area contributed by atoms with Gasteiger partial charge in [-0.1, -0.05) is 0 Å². The summed E-state index contributed by atoms with van der Waals surface area (Å²) in [6.07, 6.45) is 0.824. The van der Waals surface area contributed by atoms with Crippen LogP contribution in [0.1, 0.15) is 31.1 Å². The minimum atomic E-state index is 0.0738. The highest BCUT2D eigenvalue weighted by Crippen LogP contribution is 2.12. The van der Waals surface area contributed by atoms with Crippen LogP contribution in [0.5, 0.6) is 0 Å². The quantitative estimate of drug-likeness (QED) is 0.699. The summed E-state index contributed by atoms with van der Waals surface area (Å²) in [5, 5.41) is 3.13. The Bertz CT molecular complexity index is 362. The average Bonchev–Trinajstić information content (AvgIpc) is 2.45. The van der Waals surface area contributed by atoms with Crippen molar-refractivity contribution in [2.24, 2.45) is 0 Å². The molecule has 72 valence electrons. The fourth-order valence-electron chi connectivity index (χ4n) is 1.61. The Hall–Kier alpha value is -1.03. The summed E-state index contributed by atoms with van der Waals surface area (Å²) in [6, 6.07) is 0.193. The fraction of sp³-hybridized carbons (Fsp3) is 0.667. The molecule has 0 amide bonds. The van der Waals surface area contributed by atoms with E-state index < -0.39 is 0 Å². The van der Waals surface area contributed by atoms with Crippen LogP contribution in [0.4, 0.5) is 0 Å². The molecular formula is C9H14N2O2. The van der Waals surface area contributed by atoms with Crippen molar-refractivity contribution in [1.82, 2.24) is 9.78 Å². The van der Waals surface area contributed by atoms with Crippen molar-refractivity contribution in [3.63, 3.8) is 0 Å². The van der Waals surface area contributed by atoms with Crippen LogP contribution in [0, 0.1) is 0 Å². The summed E-state index contributed by atoms with van der Waals surface area (Å²) in [7, 11) is 0. The number of aromatic nitrogens is 2. The zero-order chi connectivity index (χ0) is 9.42. The van der Waals surface area contributed by atoms with E-state index in [9.17, 15) is 4.79 Å². The van der Waals surface area contributed by atoms with Gasteiger partial charge in [0.05, 0.1) is 18.8 Å². The molecule has 4 heteroatoms. The first-order chi connectivity index (χ1) is 6.20. The molecule has 1 aromatic rings. The van der Waals surface area contributed by atoms with Crippen LogP contribution in [0.2, 0.25) is 0 Å². The van der Waals surface area contributed by atoms with Gasteiger partial charge in [-0.25, -0.2) is 0 Å². The number of hydrogen-bond acceptors (Lipinski definition) is 2. The number of nitrogens with one attached hydrogen (secondary N) is 1. The van der Waals surface area contributed by atoms with Crippen molar-refractivity contribution in [3.8, 4) is 0 Å². The van der Waals surface area contributed by atoms with Crippen molar-refractivity contribution in [2.75, 3.05) is 6.61 Å². The van der Waals surface area contributed by atoms with Gasteiger partial charge in [0, 0.05) is 18.2 Å². The van der Waals surface area contributed by atoms with Gasteiger partial charge in [-0.3, -0.25) is 14.6 Å². The second-order valence-corrected chi connectivity index (χ2v) is 3.64. The Morgan fingerprint density at radius 1 is 1.54 bits per heavy atom. The number of fused-ring (bicyclic) bond motifs is 1. The second kappa shape index (κ2) is 3.03. The molecule has 0 saturated carbocycles. The smallest absolute Gasteiger partial charge is 0.272 e. The van der Waals surface area contributed by atoms with Gasteiger partial charge in [0.25, 0.3) is 5.56 Å². The molecule has 1 N–H and O–H groups in total. The largest absolute Gasteiger partial charge is 0.376 e. The molecular weight excluding hydrogens is 168 g/mol. The lowest BCUT2D eigenvalue weighted by atomic mass is 10.2. The SMILES string of the molecule is CC(C)n1[nH]c2c(c1=O)COCC2. The minimum Gasteiger partial charge on any atom is -0.376 e. The standard InChI is InChI=1S/C9H14N2O2/c1-6(2)11-9(12)7-5-13-4-3-8(7)10-11/h6,10H,3-5H2,1-2H3. The molecule has 13 heavy (non-hydrogen) atoms. The number of rotatable bonds is 1. The molecule has 2 heterocycles. The number of aromatic amines is 1. The van der Waals surface area contributed by atoms with Crippen molar-refractivity contribution >= 4 is 0 Å². The maximum Gasteiger partial charge on any atom is 0.272 e. The van der Waals surface area contributed by atoms with E-state index in [2.05, 4.69) is 5.10 Å². The van der Waals surface area contributed by atoms with E-state index in [1.807, 2.05) is 13.8 Å². The van der Waals surface area contributed by atoms with Crippen molar-refractivity contribution < 1.29 is 4.74 Å². The van der Waals surface area contributed by atoms with E-state index in [0.717, 1.165) is 17.7 Å². The second-order valence-electron chi connectivity index (χ2n) is 3.64. The molecule has 0 aliphatic carbocycles. The lowest BCUT2D eigenvalue weighted by Crippen LogP contribution is -2.22. The summed E-state index contributed by atoms with van der Waals surface area (Å²) >= 11 is 0. The number of hydrogen-bond donors (Lipinski definition) is 1. The highest BCUT2D eigenvalue weighted by Gasteiger charge is 2.18. The molecule has 1 aliphatic heterocycles. The normalized spacial score (nSPS) is 16.2. The van der Waals surface area contributed by atoms with Gasteiger partial charge in [-0.05, 0) is 13.8 Å². The molecule has 0 atom stereocenters. The van der Waals surface area contributed by atoms with Gasteiger partial charge < -0.3 is 4.74 Å². The molecule has 0 bridgehead atoms. The molecule has 4 nitrogen and oxygen atoms in total. The van der Waals surface area contributed by atoms with Crippen LogP contribution >= 0.6 is 0 Å². The zero-order valence-electron chi connectivity index (χ0n) is 7.96. The van der Waals surface area contributed by atoms with Gasteiger partial charge >= 0.3 is 0 Å². The molecule has 0 radical (unpaired) electrons. The maximum atomic E-state index is 11.7. The van der Waals surface area contributed by atoms with E-state index in [1.165, 1.54) is 0 Å². The Morgan fingerprint density at radius 3 is 2.92 bits per heavy atom. The van der Waals surface area contributed by atoms with Gasteiger partial charge in [0.2, 0.25) is 0 Å². The third-order valence-corrected chi connectivity index (χ3v) is 2.36. The Balaban J connectivity index is 2.51. The monoisotopic (exact) mass is 182 g/mol. The van der Waals surface area contributed by atoms with Crippen LogP contribution in [0.3, 0.4) is 0 Å². The molecule has 0 unspecified atom stereocenters. The van der Waals surface area contributed by atoms with E-state index in [4.69, 9.17) is 4.74 Å². The Kier molecular flexibility index (Phi) is 2.00. The van der Waals surface area contributed by atoms with Crippen molar-refractivity contribution in [3.05, 3.63) is 21.6 Å². The molecule has 2 rings (SSSR count). The van der Waals surface area contributed by atoms with E-state index in [1.54, 1.807) is 4.68 Å². The van der Waals surface area contributed by atoms with E-state index in [0.29, 0.717) is 13.2 Å². The van der Waals surface area contributed by atoms with Gasteiger partial charge in [0.1, 0.15) is 0 Å². The summed E-state index contributed by atoms with van der Waals surface area (Å²) in [5.41, 5.74) is 1.93. The van der Waals surface area contributed by atoms with Crippen LogP contribution in [0.25, 0.3) is 0 Å². The lowest BCUT2D eigenvalue weighted by Gasteiger charge is -2.09. The Morgan fingerprint density at radius 2 is 2.31 bits per heavy atom. The van der Waals surface area contributed by atoms with Crippen LogP contribution in [0.15, 0.2) is 4.79 Å². The fourth-order valence-corrected chi connectivity index (χ4v) is 1.61. The van der Waals surface area contributed by atoms with Gasteiger partial charge in [-0.2, -0.15) is 0 Å². The summed E-state index contributed by atoms with van der Waals surface area (Å²) in [4.78, 5) is 11.7. The lowest BCUT2D eigenvalue weighted by molar-refractivity contribution is 0.109. The minimum absolute atomic E-state index is 0.0738. The van der Waals surface area contributed by atoms with Crippen molar-refractivity contribution in [2.45, 2.75) is 32.9 Å². The highest BCUT2D eigenvalue weighted by atomic mass is 16.5. The average molecular weight is 182 g/mol. The zero-order valence-corrected chi connectivity index (χ0v) is 7.96. The number of ether oxygens (including phenoxy) is 1. The highest BCUT2D eigenvalue weighted by molar-refractivity contribution is 5.18. The molecule has 0 aromatic carbocycles. The first-order valence-electron chi connectivity index (χ1n) is 4.60. The van der Waals surface area contributed by atoms with Gasteiger partial charge in [-0.15, -0.1) is 0 Å². The molecule has 0 fully saturated rings. The van der Waals surface area contributed by atoms with Crippen LogP contribution in [-0.2, 0) is 17.8 Å². The molecule has 1 aliphatic rings. The van der Waals surface area contributed by atoms with Crippen LogP contribution < -0.4 is 5.56 Å². The Labute approximate surface area is 76.5 Å². The van der Waals surface area contributed by atoms with E-state index >= 15 is 0 Å². The summed E-state index contributed by atoms with van der Waals surface area (Å²) in [6.45, 7) is 5.16. The van der Waals surface area contributed by atoms with Gasteiger partial charge in [0.15, 0.2) is 0 Å². The predicted octanol–water partition coefficient (Wildman–Crippen LogP) is 0.830. The molecule has 0 spiro atoms. The van der Waals surface area contributed by atoms with Crippen molar-refractivity contribution in [1.29, 1.82) is 0 Å². The first-order valence-corrected chi connectivity index (χ1v) is 4.60. The summed E-state index contributed by atoms with van der Waals surface area (Å²) < 4.78 is 6.90. The van der Waals surface area contributed by atoms with E-state index in [-0.39, 0.29) is 11.6 Å². The number of H-pyrrole nitrogens is 1. The maximum absolute atomic E-state index is 11.7. The number of nitrogens with zero attached hydrogens (tertiary/aromatic N) is 1. The third-order valence-electron chi connectivity index (χ3n) is 2.36. The molecule has 1 aromatic heterocycles. The molecule has 0 saturated heterocycles. The van der Waals surface area contributed by atoms with Crippen LogP contribution in [-0.4, -0.2) is 16.4 Å². The third kappa shape index (κ3) is 1.31. The topological polar surface area (TPSA) is 47.0 Å². The first kappa shape index (κ1) is 8.56.